The molecule has 0 N–H and O–H groups in total. The minimum Gasteiger partial charge on any atom is -0.460 e. The predicted molar refractivity (Wildman–Crippen MR) is 61.8 cm³/mol. The van der Waals surface area contributed by atoms with Crippen LogP contribution >= 0.6 is 0 Å². The predicted octanol–water partition coefficient (Wildman–Crippen LogP) is 1.47. The number of aromatic nitrogens is 1. The molecule has 1 rings (SSSR count). The number of carbonyl (C=O) groups excluding carboxylic acids is 1. The van der Waals surface area contributed by atoms with E-state index in [1.807, 2.05) is 38.1 Å². The van der Waals surface area contributed by atoms with Crippen LogP contribution in [0.3, 0.4) is 0 Å². The minimum atomic E-state index is -0.184. The summed E-state index contributed by atoms with van der Waals surface area (Å²) in [5.74, 6) is -0.184. The van der Waals surface area contributed by atoms with Gasteiger partial charge >= 0.3 is 5.97 Å². The highest BCUT2D eigenvalue weighted by Crippen LogP contribution is 2.05. The van der Waals surface area contributed by atoms with Crippen LogP contribution in [-0.2, 0) is 16.1 Å². The zero-order chi connectivity index (χ0) is 12.0. The van der Waals surface area contributed by atoms with Crippen molar-refractivity contribution in [3.8, 4) is 0 Å². The molecule has 0 bridgehead atoms. The molecule has 0 unspecified atom stereocenters. The van der Waals surface area contributed by atoms with Crippen LogP contribution in [0.15, 0.2) is 24.5 Å². The van der Waals surface area contributed by atoms with E-state index >= 15 is 0 Å². The van der Waals surface area contributed by atoms with Gasteiger partial charge in [0.1, 0.15) is 12.6 Å². The Morgan fingerprint density at radius 1 is 1.56 bits per heavy atom. The smallest absolute Gasteiger partial charge is 0.323 e. The number of hydrogen-bond donors (Lipinski definition) is 0. The summed E-state index contributed by atoms with van der Waals surface area (Å²) in [7, 11) is 3.75. The molecule has 0 aliphatic heterocycles. The first-order valence-electron chi connectivity index (χ1n) is 5.37. The fourth-order valence-electron chi connectivity index (χ4n) is 1.48. The maximum atomic E-state index is 11.7. The summed E-state index contributed by atoms with van der Waals surface area (Å²) in [4.78, 5) is 17.5. The van der Waals surface area contributed by atoms with E-state index in [1.165, 1.54) is 0 Å². The average Bonchev–Trinajstić information content (AvgIpc) is 2.28. The van der Waals surface area contributed by atoms with Crippen molar-refractivity contribution in [1.29, 1.82) is 0 Å². The Balaban J connectivity index is 2.46. The monoisotopic (exact) mass is 222 g/mol. The van der Waals surface area contributed by atoms with E-state index in [0.29, 0.717) is 0 Å². The first-order chi connectivity index (χ1) is 7.65. The highest BCUT2D eigenvalue weighted by atomic mass is 16.5. The Morgan fingerprint density at radius 3 is 2.81 bits per heavy atom. The summed E-state index contributed by atoms with van der Waals surface area (Å²) in [5.41, 5.74) is 0.907. The van der Waals surface area contributed by atoms with Crippen molar-refractivity contribution < 1.29 is 9.53 Å². The first-order valence-corrected chi connectivity index (χ1v) is 5.37. The van der Waals surface area contributed by atoms with Crippen LogP contribution in [0.5, 0.6) is 0 Å². The molecule has 1 aromatic rings. The number of hydrogen-bond acceptors (Lipinski definition) is 4. The third-order valence-electron chi connectivity index (χ3n) is 2.39. The normalized spacial score (nSPS) is 12.5. The number of carbonyl (C=O) groups is 1. The molecule has 4 heteroatoms. The highest BCUT2D eigenvalue weighted by Gasteiger charge is 2.19. The fraction of sp³-hybridized carbons (Fsp3) is 0.500. The first kappa shape index (κ1) is 12.6. The molecular weight excluding hydrogens is 204 g/mol. The number of pyridine rings is 1. The molecule has 0 saturated heterocycles. The van der Waals surface area contributed by atoms with Crippen molar-refractivity contribution in [1.82, 2.24) is 9.88 Å². The lowest BCUT2D eigenvalue weighted by molar-refractivity contribution is -0.150. The second-order valence-electron chi connectivity index (χ2n) is 3.86. The van der Waals surface area contributed by atoms with Crippen molar-refractivity contribution in [2.45, 2.75) is 26.0 Å². The summed E-state index contributed by atoms with van der Waals surface area (Å²) < 4.78 is 5.22. The zero-order valence-corrected chi connectivity index (χ0v) is 10.0. The summed E-state index contributed by atoms with van der Waals surface area (Å²) in [6.07, 6.45) is 4.14. The second-order valence-corrected chi connectivity index (χ2v) is 3.86. The van der Waals surface area contributed by atoms with Crippen LogP contribution in [0.4, 0.5) is 0 Å². The van der Waals surface area contributed by atoms with Crippen molar-refractivity contribution in [3.05, 3.63) is 30.1 Å². The molecule has 0 aliphatic carbocycles. The molecule has 1 aromatic heterocycles. The van der Waals surface area contributed by atoms with Gasteiger partial charge in [0.25, 0.3) is 0 Å². The molecule has 0 aromatic carbocycles. The molecule has 88 valence electrons. The van der Waals surface area contributed by atoms with Gasteiger partial charge in [-0.1, -0.05) is 13.0 Å². The topological polar surface area (TPSA) is 42.4 Å². The number of nitrogens with zero attached hydrogens (tertiary/aromatic N) is 2. The molecule has 0 saturated carbocycles. The lowest BCUT2D eigenvalue weighted by atomic mass is 10.2. The van der Waals surface area contributed by atoms with Gasteiger partial charge in [-0.3, -0.25) is 14.7 Å². The maximum Gasteiger partial charge on any atom is 0.323 e. The van der Waals surface area contributed by atoms with Gasteiger partial charge in [0, 0.05) is 18.0 Å². The van der Waals surface area contributed by atoms with E-state index in [-0.39, 0.29) is 18.6 Å². The van der Waals surface area contributed by atoms with Gasteiger partial charge in [0.15, 0.2) is 0 Å². The summed E-state index contributed by atoms with van der Waals surface area (Å²) in [5, 5.41) is 0. The standard InChI is InChI=1S/C12H18N2O2/c1-4-11(14(2)3)12(15)16-9-10-6-5-7-13-8-10/h5-8,11H,4,9H2,1-3H3/t11-/m1/s1. The lowest BCUT2D eigenvalue weighted by Crippen LogP contribution is -2.36. The molecular formula is C12H18N2O2. The molecule has 0 aliphatic rings. The SMILES string of the molecule is CC[C@H](C(=O)OCc1cccnc1)N(C)C. The molecule has 0 spiro atoms. The van der Waals surface area contributed by atoms with E-state index in [0.717, 1.165) is 12.0 Å². The zero-order valence-electron chi connectivity index (χ0n) is 10.0. The molecule has 0 amide bonds. The van der Waals surface area contributed by atoms with Gasteiger partial charge in [0.2, 0.25) is 0 Å². The third kappa shape index (κ3) is 3.62. The van der Waals surface area contributed by atoms with Crippen molar-refractivity contribution in [2.75, 3.05) is 14.1 Å². The van der Waals surface area contributed by atoms with Gasteiger partial charge < -0.3 is 4.74 Å². The van der Waals surface area contributed by atoms with Crippen LogP contribution in [0, 0.1) is 0 Å². The van der Waals surface area contributed by atoms with E-state index in [4.69, 9.17) is 4.74 Å². The molecule has 16 heavy (non-hydrogen) atoms. The Kier molecular flexibility index (Phi) is 4.92. The molecule has 0 radical (unpaired) electrons. The fourth-order valence-corrected chi connectivity index (χ4v) is 1.48. The number of likely N-dealkylation sites (N-methyl/N-ethyl adjacent to an activating group) is 1. The number of esters is 1. The minimum absolute atomic E-state index is 0.170. The van der Waals surface area contributed by atoms with Crippen LogP contribution in [-0.4, -0.2) is 36.0 Å². The van der Waals surface area contributed by atoms with E-state index in [1.54, 1.807) is 12.4 Å². The summed E-state index contributed by atoms with van der Waals surface area (Å²) in [6.45, 7) is 2.26. The molecule has 1 heterocycles. The summed E-state index contributed by atoms with van der Waals surface area (Å²) >= 11 is 0. The number of ether oxygens (including phenoxy) is 1. The van der Waals surface area contributed by atoms with Crippen LogP contribution in [0.25, 0.3) is 0 Å². The Bertz CT molecular complexity index is 325. The van der Waals surface area contributed by atoms with Gasteiger partial charge in [-0.15, -0.1) is 0 Å². The van der Waals surface area contributed by atoms with Crippen LogP contribution in [0.1, 0.15) is 18.9 Å². The van der Waals surface area contributed by atoms with Crippen LogP contribution < -0.4 is 0 Å². The highest BCUT2D eigenvalue weighted by molar-refractivity contribution is 5.75. The average molecular weight is 222 g/mol. The molecule has 0 fully saturated rings. The molecule has 1 atom stereocenters. The maximum absolute atomic E-state index is 11.7. The Labute approximate surface area is 96.2 Å². The van der Waals surface area contributed by atoms with Crippen LogP contribution in [0.2, 0.25) is 0 Å². The van der Waals surface area contributed by atoms with Gasteiger partial charge in [0.05, 0.1) is 0 Å². The van der Waals surface area contributed by atoms with Crippen molar-refractivity contribution in [2.24, 2.45) is 0 Å². The van der Waals surface area contributed by atoms with E-state index in [9.17, 15) is 4.79 Å². The van der Waals surface area contributed by atoms with E-state index < -0.39 is 0 Å². The Hall–Kier alpha value is -1.42. The quantitative estimate of drug-likeness (QED) is 0.707. The number of rotatable bonds is 5. The van der Waals surface area contributed by atoms with E-state index in [2.05, 4.69) is 4.98 Å². The largest absolute Gasteiger partial charge is 0.460 e. The Morgan fingerprint density at radius 2 is 2.31 bits per heavy atom. The van der Waals surface area contributed by atoms with Gasteiger partial charge in [-0.05, 0) is 26.6 Å². The molecule has 4 nitrogen and oxygen atoms in total. The second kappa shape index (κ2) is 6.23. The lowest BCUT2D eigenvalue weighted by Gasteiger charge is -2.20. The summed E-state index contributed by atoms with van der Waals surface area (Å²) in [6, 6.07) is 3.54. The third-order valence-corrected chi connectivity index (χ3v) is 2.39. The van der Waals surface area contributed by atoms with Gasteiger partial charge in [-0.2, -0.15) is 0 Å². The van der Waals surface area contributed by atoms with Crippen molar-refractivity contribution >= 4 is 5.97 Å². The van der Waals surface area contributed by atoms with Crippen molar-refractivity contribution in [3.63, 3.8) is 0 Å². The van der Waals surface area contributed by atoms with Gasteiger partial charge in [-0.25, -0.2) is 0 Å².